The molecule has 0 saturated carbocycles. The molecule has 0 aliphatic carbocycles. The first-order valence-electron chi connectivity index (χ1n) is 10.3. The van der Waals surface area contributed by atoms with E-state index in [9.17, 15) is 0 Å². The van der Waals surface area contributed by atoms with E-state index >= 15 is 0 Å². The predicted molar refractivity (Wildman–Crippen MR) is 139 cm³/mol. The van der Waals surface area contributed by atoms with E-state index in [0.717, 1.165) is 26.7 Å². The Kier molecular flexibility index (Phi) is 4.82. The van der Waals surface area contributed by atoms with Crippen molar-refractivity contribution in [2.45, 2.75) is 0 Å². The standard InChI is InChI=1S/C28H17BrN2S/c29-26-10-2-9-25-24-8-1-7-23(27(24)32-28(25)26)22-14-20(18-5-3-11-30-16-18)13-21(15-22)19-6-4-12-31-17-19/h1-17H. The lowest BCUT2D eigenvalue weighted by Gasteiger charge is -2.11. The highest BCUT2D eigenvalue weighted by atomic mass is 79.9. The summed E-state index contributed by atoms with van der Waals surface area (Å²) in [5.74, 6) is 0. The topological polar surface area (TPSA) is 25.8 Å². The van der Waals surface area contributed by atoms with Gasteiger partial charge >= 0.3 is 0 Å². The monoisotopic (exact) mass is 492 g/mol. The van der Waals surface area contributed by atoms with Gasteiger partial charge in [0.1, 0.15) is 0 Å². The second-order valence-corrected chi connectivity index (χ2v) is 9.56. The maximum absolute atomic E-state index is 4.34. The maximum Gasteiger partial charge on any atom is 0.0497 e. The van der Waals surface area contributed by atoms with Crippen LogP contribution in [0.15, 0.2) is 108 Å². The number of thiophene rings is 1. The summed E-state index contributed by atoms with van der Waals surface area (Å²) in [4.78, 5) is 8.68. The van der Waals surface area contributed by atoms with Gasteiger partial charge in [0.05, 0.1) is 0 Å². The van der Waals surface area contributed by atoms with Crippen molar-refractivity contribution in [3.05, 3.63) is 108 Å². The van der Waals surface area contributed by atoms with Gasteiger partial charge < -0.3 is 0 Å². The molecule has 0 amide bonds. The van der Waals surface area contributed by atoms with E-state index < -0.39 is 0 Å². The average molecular weight is 493 g/mol. The molecular weight excluding hydrogens is 476 g/mol. The Balaban J connectivity index is 1.64. The molecule has 3 aromatic heterocycles. The Hall–Kier alpha value is -3.34. The zero-order valence-electron chi connectivity index (χ0n) is 17.0. The van der Waals surface area contributed by atoms with Gasteiger partial charge in [-0.15, -0.1) is 11.3 Å². The van der Waals surface area contributed by atoms with Crippen LogP contribution in [0, 0.1) is 0 Å². The van der Waals surface area contributed by atoms with Gasteiger partial charge in [-0.05, 0) is 74.6 Å². The maximum atomic E-state index is 4.34. The van der Waals surface area contributed by atoms with Crippen LogP contribution in [0.25, 0.3) is 53.6 Å². The minimum atomic E-state index is 1.10. The van der Waals surface area contributed by atoms with Gasteiger partial charge in [0.2, 0.25) is 0 Å². The number of hydrogen-bond donors (Lipinski definition) is 0. The van der Waals surface area contributed by atoms with E-state index in [0.29, 0.717) is 0 Å². The van der Waals surface area contributed by atoms with Gasteiger partial charge in [-0.3, -0.25) is 9.97 Å². The van der Waals surface area contributed by atoms with Crippen molar-refractivity contribution < 1.29 is 0 Å². The quantitative estimate of drug-likeness (QED) is 0.247. The van der Waals surface area contributed by atoms with Gasteiger partial charge in [-0.1, -0.05) is 42.5 Å². The molecule has 0 atom stereocenters. The number of aromatic nitrogens is 2. The van der Waals surface area contributed by atoms with Crippen LogP contribution in [0.2, 0.25) is 0 Å². The Bertz CT molecular complexity index is 1520. The van der Waals surface area contributed by atoms with Crippen molar-refractivity contribution in [3.8, 4) is 33.4 Å². The summed E-state index contributed by atoms with van der Waals surface area (Å²) in [5, 5.41) is 2.58. The van der Waals surface area contributed by atoms with Gasteiger partial charge in [0.15, 0.2) is 0 Å². The smallest absolute Gasteiger partial charge is 0.0497 e. The van der Waals surface area contributed by atoms with Crippen LogP contribution < -0.4 is 0 Å². The second-order valence-electron chi connectivity index (χ2n) is 7.68. The minimum absolute atomic E-state index is 1.10. The van der Waals surface area contributed by atoms with Gasteiger partial charge in [0, 0.05) is 60.6 Å². The number of hydrogen-bond acceptors (Lipinski definition) is 3. The molecule has 6 rings (SSSR count). The predicted octanol–water partition coefficient (Wildman–Crippen LogP) is 8.61. The summed E-state index contributed by atoms with van der Waals surface area (Å²) in [6.07, 6.45) is 7.46. The molecule has 4 heteroatoms. The third-order valence-electron chi connectivity index (χ3n) is 5.71. The lowest BCUT2D eigenvalue weighted by atomic mass is 9.94. The number of fused-ring (bicyclic) bond motifs is 3. The number of pyridine rings is 2. The zero-order valence-corrected chi connectivity index (χ0v) is 19.4. The van der Waals surface area contributed by atoms with E-state index in [2.05, 4.69) is 92.6 Å². The lowest BCUT2D eigenvalue weighted by Crippen LogP contribution is -1.87. The number of rotatable bonds is 3. The molecule has 2 nitrogen and oxygen atoms in total. The van der Waals surface area contributed by atoms with Crippen molar-refractivity contribution in [2.24, 2.45) is 0 Å². The number of halogens is 1. The SMILES string of the molecule is Brc1cccc2c1sc1c(-c3cc(-c4cccnc4)cc(-c4cccnc4)c3)cccc12. The Labute approximate surface area is 198 Å². The van der Waals surface area contributed by atoms with E-state index in [1.54, 1.807) is 0 Å². The van der Waals surface area contributed by atoms with Crippen LogP contribution in [0.4, 0.5) is 0 Å². The van der Waals surface area contributed by atoms with Crippen LogP contribution in [-0.4, -0.2) is 9.97 Å². The summed E-state index contributed by atoms with van der Waals surface area (Å²) in [6.45, 7) is 0. The molecule has 0 fully saturated rings. The summed E-state index contributed by atoms with van der Waals surface area (Å²) in [6, 6.07) is 28.0. The fourth-order valence-corrected chi connectivity index (χ4v) is 6.05. The first kappa shape index (κ1) is 19.4. The Morgan fingerprint density at radius 3 is 1.78 bits per heavy atom. The first-order valence-corrected chi connectivity index (χ1v) is 11.9. The molecular formula is C28H17BrN2S. The summed E-state index contributed by atoms with van der Waals surface area (Å²) >= 11 is 5.58. The molecule has 0 aliphatic rings. The highest BCUT2D eigenvalue weighted by molar-refractivity contribution is 9.10. The second kappa shape index (κ2) is 7.97. The fraction of sp³-hybridized carbons (Fsp3) is 0. The highest BCUT2D eigenvalue weighted by Crippen LogP contribution is 2.43. The van der Waals surface area contributed by atoms with E-state index in [4.69, 9.17) is 0 Å². The van der Waals surface area contributed by atoms with Crippen molar-refractivity contribution in [1.29, 1.82) is 0 Å². The molecule has 3 aromatic carbocycles. The number of nitrogens with zero attached hydrogens (tertiary/aromatic N) is 2. The van der Waals surface area contributed by atoms with Crippen LogP contribution in [0.1, 0.15) is 0 Å². The Morgan fingerprint density at radius 2 is 1.16 bits per heavy atom. The molecule has 0 spiro atoms. The molecule has 0 saturated heterocycles. The van der Waals surface area contributed by atoms with Gasteiger partial charge in [0.25, 0.3) is 0 Å². The normalized spacial score (nSPS) is 11.3. The van der Waals surface area contributed by atoms with Crippen LogP contribution in [0.5, 0.6) is 0 Å². The molecule has 0 N–H and O–H groups in total. The lowest BCUT2D eigenvalue weighted by molar-refractivity contribution is 1.32. The fourth-order valence-electron chi connectivity index (χ4n) is 4.20. The van der Waals surface area contributed by atoms with E-state index in [1.165, 1.54) is 31.3 Å². The van der Waals surface area contributed by atoms with Crippen LogP contribution >= 0.6 is 27.3 Å². The molecule has 32 heavy (non-hydrogen) atoms. The zero-order chi connectivity index (χ0) is 21.5. The van der Waals surface area contributed by atoms with Crippen molar-refractivity contribution in [1.82, 2.24) is 9.97 Å². The number of benzene rings is 3. The minimum Gasteiger partial charge on any atom is -0.264 e. The summed E-state index contributed by atoms with van der Waals surface area (Å²) in [5.41, 5.74) is 6.93. The van der Waals surface area contributed by atoms with Crippen molar-refractivity contribution in [3.63, 3.8) is 0 Å². The molecule has 152 valence electrons. The van der Waals surface area contributed by atoms with E-state index in [1.807, 2.05) is 48.3 Å². The molecule has 0 radical (unpaired) electrons. The molecule has 0 aliphatic heterocycles. The summed E-state index contributed by atoms with van der Waals surface area (Å²) in [7, 11) is 0. The van der Waals surface area contributed by atoms with Crippen molar-refractivity contribution >= 4 is 47.4 Å². The molecule has 6 aromatic rings. The van der Waals surface area contributed by atoms with Gasteiger partial charge in [-0.25, -0.2) is 0 Å². The summed E-state index contributed by atoms with van der Waals surface area (Å²) < 4.78 is 3.73. The molecule has 0 unspecified atom stereocenters. The Morgan fingerprint density at radius 1 is 0.562 bits per heavy atom. The third kappa shape index (κ3) is 3.32. The van der Waals surface area contributed by atoms with Crippen molar-refractivity contribution in [2.75, 3.05) is 0 Å². The van der Waals surface area contributed by atoms with E-state index in [-0.39, 0.29) is 0 Å². The average Bonchev–Trinajstić information content (AvgIpc) is 3.25. The first-order chi connectivity index (χ1) is 15.8. The third-order valence-corrected chi connectivity index (χ3v) is 7.92. The van der Waals surface area contributed by atoms with Crippen LogP contribution in [0.3, 0.4) is 0 Å². The largest absolute Gasteiger partial charge is 0.264 e. The van der Waals surface area contributed by atoms with Gasteiger partial charge in [-0.2, -0.15) is 0 Å². The van der Waals surface area contributed by atoms with Crippen LogP contribution in [-0.2, 0) is 0 Å². The molecule has 0 bridgehead atoms. The highest BCUT2D eigenvalue weighted by Gasteiger charge is 2.14. The molecule has 3 heterocycles.